The van der Waals surface area contributed by atoms with E-state index in [0.29, 0.717) is 27.3 Å². The number of carbonyl (C=O) groups excluding carboxylic acids is 2. The first-order valence-electron chi connectivity index (χ1n) is 9.04. The van der Waals surface area contributed by atoms with Crippen LogP contribution in [0.4, 0.5) is 0 Å². The number of rotatable bonds is 0. The highest BCUT2D eigenvalue weighted by atomic mass is 16.2. The number of fused-ring (bicyclic) bond motifs is 4. The van der Waals surface area contributed by atoms with Gasteiger partial charge in [0.15, 0.2) is 28.3 Å². The minimum atomic E-state index is -0.476. The van der Waals surface area contributed by atoms with Crippen LogP contribution in [0.1, 0.15) is 32.1 Å². The van der Waals surface area contributed by atoms with E-state index in [-0.39, 0.29) is 33.7 Å². The largest absolute Gasteiger partial charge is 0.277 e. The number of amides is 2. The number of imide groups is 1. The Morgan fingerprint density at radius 3 is 2.03 bits per heavy atom. The molecule has 2 aromatic carbocycles. The SMILES string of the molecule is CN1C(=O)c2ccc3c(=O)n4c5nc(C#N)c(C#N)nc5nc4c4ccc(c2c34)C1=O. The molecule has 31 heavy (non-hydrogen) atoms. The van der Waals surface area contributed by atoms with E-state index in [0.717, 1.165) is 4.90 Å². The smallest absolute Gasteiger partial charge is 0.266 e. The second kappa shape index (κ2) is 5.34. The van der Waals surface area contributed by atoms with Crippen LogP contribution in [0.2, 0.25) is 0 Å². The fraction of sp³-hybridized carbons (Fsp3) is 0.0476. The molecule has 5 aromatic rings. The first-order chi connectivity index (χ1) is 15.0. The van der Waals surface area contributed by atoms with E-state index in [9.17, 15) is 24.9 Å². The summed E-state index contributed by atoms with van der Waals surface area (Å²) < 4.78 is 1.24. The minimum absolute atomic E-state index is 0.0446. The van der Waals surface area contributed by atoms with Crippen molar-refractivity contribution in [1.29, 1.82) is 10.5 Å². The van der Waals surface area contributed by atoms with Crippen LogP contribution in [0.25, 0.3) is 38.5 Å². The van der Waals surface area contributed by atoms with E-state index in [4.69, 9.17) is 0 Å². The van der Waals surface area contributed by atoms with Gasteiger partial charge in [-0.3, -0.25) is 19.3 Å². The zero-order valence-corrected chi connectivity index (χ0v) is 15.7. The van der Waals surface area contributed by atoms with Crippen LogP contribution < -0.4 is 5.56 Å². The van der Waals surface area contributed by atoms with Gasteiger partial charge in [0.25, 0.3) is 17.4 Å². The molecule has 0 atom stereocenters. The molecule has 0 radical (unpaired) electrons. The Balaban J connectivity index is 1.90. The summed E-state index contributed by atoms with van der Waals surface area (Å²) >= 11 is 0. The molecule has 10 nitrogen and oxygen atoms in total. The number of hydrogen-bond donors (Lipinski definition) is 0. The Morgan fingerprint density at radius 2 is 1.39 bits per heavy atom. The Bertz CT molecular complexity index is 1820. The average molecular weight is 405 g/mol. The lowest BCUT2D eigenvalue weighted by Gasteiger charge is -2.24. The van der Waals surface area contributed by atoms with E-state index in [1.807, 2.05) is 0 Å². The molecule has 0 spiro atoms. The second-order valence-corrected chi connectivity index (χ2v) is 7.11. The van der Waals surface area contributed by atoms with Crippen LogP contribution in [-0.4, -0.2) is 43.1 Å². The Labute approximate surface area is 171 Å². The van der Waals surface area contributed by atoms with Crippen molar-refractivity contribution in [1.82, 2.24) is 24.3 Å². The molecular weight excluding hydrogens is 398 g/mol. The van der Waals surface area contributed by atoms with Crippen LogP contribution in [-0.2, 0) is 0 Å². The summed E-state index contributed by atoms with van der Waals surface area (Å²) in [4.78, 5) is 52.4. The normalized spacial score (nSPS) is 13.5. The van der Waals surface area contributed by atoms with E-state index in [2.05, 4.69) is 15.0 Å². The topological polar surface area (TPSA) is 145 Å². The van der Waals surface area contributed by atoms with Gasteiger partial charge in [-0.1, -0.05) is 0 Å². The molecular formula is C21H7N7O3. The maximum atomic E-state index is 13.4. The summed E-state index contributed by atoms with van der Waals surface area (Å²) in [5.41, 5.74) is 0.0938. The minimum Gasteiger partial charge on any atom is -0.277 e. The summed E-state index contributed by atoms with van der Waals surface area (Å²) in [5.74, 6) is -0.901. The zero-order chi connectivity index (χ0) is 21.6. The molecule has 0 saturated heterocycles. The highest BCUT2D eigenvalue weighted by Gasteiger charge is 2.32. The van der Waals surface area contributed by atoms with Crippen molar-refractivity contribution in [3.05, 3.63) is 57.1 Å². The van der Waals surface area contributed by atoms with Gasteiger partial charge in [0, 0.05) is 39.7 Å². The fourth-order valence-corrected chi connectivity index (χ4v) is 4.21. The molecule has 0 N–H and O–H groups in total. The molecule has 0 saturated carbocycles. The lowest BCUT2D eigenvalue weighted by Crippen LogP contribution is -2.37. The Morgan fingerprint density at radius 1 is 0.774 bits per heavy atom. The highest BCUT2D eigenvalue weighted by molar-refractivity contribution is 6.31. The molecule has 0 bridgehead atoms. The Hall–Kier alpha value is -4.96. The molecule has 3 aromatic heterocycles. The van der Waals surface area contributed by atoms with Gasteiger partial charge in [0.2, 0.25) is 0 Å². The third-order valence-corrected chi connectivity index (χ3v) is 5.61. The van der Waals surface area contributed by atoms with Crippen molar-refractivity contribution in [2.24, 2.45) is 0 Å². The molecule has 0 fully saturated rings. The number of hydrogen-bond acceptors (Lipinski definition) is 8. The van der Waals surface area contributed by atoms with Crippen LogP contribution in [0.5, 0.6) is 0 Å². The lowest BCUT2D eigenvalue weighted by molar-refractivity contribution is 0.0651. The third-order valence-electron chi connectivity index (χ3n) is 5.61. The van der Waals surface area contributed by atoms with Gasteiger partial charge in [-0.25, -0.2) is 19.4 Å². The summed E-state index contributed by atoms with van der Waals surface area (Å²) in [6.07, 6.45) is 0. The molecule has 144 valence electrons. The zero-order valence-electron chi connectivity index (χ0n) is 15.7. The number of nitriles is 2. The monoisotopic (exact) mass is 405 g/mol. The van der Waals surface area contributed by atoms with Crippen LogP contribution in [0.3, 0.4) is 0 Å². The van der Waals surface area contributed by atoms with Gasteiger partial charge >= 0.3 is 0 Å². The van der Waals surface area contributed by atoms with Crippen molar-refractivity contribution in [3.8, 4) is 12.1 Å². The summed E-state index contributed by atoms with van der Waals surface area (Å²) in [6.45, 7) is 0. The number of aromatic nitrogens is 4. The average Bonchev–Trinajstić information content (AvgIpc) is 3.17. The molecule has 6 rings (SSSR count). The fourth-order valence-electron chi connectivity index (χ4n) is 4.21. The van der Waals surface area contributed by atoms with Crippen molar-refractivity contribution >= 4 is 50.3 Å². The quantitative estimate of drug-likeness (QED) is 0.351. The van der Waals surface area contributed by atoms with Crippen molar-refractivity contribution in [3.63, 3.8) is 0 Å². The first kappa shape index (κ1) is 16.9. The number of benzene rings is 2. The molecule has 4 heterocycles. The van der Waals surface area contributed by atoms with Gasteiger partial charge in [0.05, 0.1) is 0 Å². The summed E-state index contributed by atoms with van der Waals surface area (Å²) in [7, 11) is 1.41. The maximum absolute atomic E-state index is 13.4. The van der Waals surface area contributed by atoms with Crippen LogP contribution in [0, 0.1) is 22.7 Å². The van der Waals surface area contributed by atoms with Gasteiger partial charge in [-0.05, 0) is 24.3 Å². The maximum Gasteiger partial charge on any atom is 0.266 e. The molecule has 0 aliphatic carbocycles. The molecule has 2 amide bonds. The number of pyridine rings is 1. The number of imidazole rings is 1. The first-order valence-corrected chi connectivity index (χ1v) is 9.04. The summed E-state index contributed by atoms with van der Waals surface area (Å²) in [6, 6.07) is 9.92. The Kier molecular flexibility index (Phi) is 2.92. The predicted molar refractivity (Wildman–Crippen MR) is 107 cm³/mol. The number of nitrogens with zero attached hydrogens (tertiary/aromatic N) is 7. The van der Waals surface area contributed by atoms with Gasteiger partial charge in [0.1, 0.15) is 12.1 Å². The van der Waals surface area contributed by atoms with Crippen molar-refractivity contribution in [2.75, 3.05) is 7.05 Å². The lowest BCUT2D eigenvalue weighted by atomic mass is 9.90. The second-order valence-electron chi connectivity index (χ2n) is 7.11. The predicted octanol–water partition coefficient (Wildman–Crippen LogP) is 1.35. The standard InChI is InChI=1S/C21H7N7O3/c1-27-19(29)9-3-2-8-14-11(5-4-10(15(9)14)20(27)30)21(31)28-17(8)26-16-18(28)25-13(7-23)12(6-22)24-16/h2-5H,1H3. The molecule has 0 unspecified atom stereocenters. The summed E-state index contributed by atoms with van der Waals surface area (Å²) in [5, 5.41) is 20.2. The third kappa shape index (κ3) is 1.84. The number of carbonyl (C=O) groups is 2. The van der Waals surface area contributed by atoms with Crippen LogP contribution >= 0.6 is 0 Å². The molecule has 1 aliphatic heterocycles. The van der Waals surface area contributed by atoms with E-state index < -0.39 is 17.4 Å². The van der Waals surface area contributed by atoms with E-state index in [1.54, 1.807) is 24.3 Å². The van der Waals surface area contributed by atoms with Gasteiger partial charge in [-0.15, -0.1) is 0 Å². The molecule has 10 heteroatoms. The highest BCUT2D eigenvalue weighted by Crippen LogP contribution is 2.36. The molecule has 1 aliphatic rings. The van der Waals surface area contributed by atoms with Crippen molar-refractivity contribution in [2.45, 2.75) is 0 Å². The van der Waals surface area contributed by atoms with Gasteiger partial charge in [-0.2, -0.15) is 10.5 Å². The van der Waals surface area contributed by atoms with E-state index in [1.165, 1.54) is 23.6 Å². The van der Waals surface area contributed by atoms with Gasteiger partial charge < -0.3 is 0 Å². The van der Waals surface area contributed by atoms with E-state index >= 15 is 0 Å². The van der Waals surface area contributed by atoms with Crippen LogP contribution in [0.15, 0.2) is 29.1 Å². The van der Waals surface area contributed by atoms with Crippen molar-refractivity contribution < 1.29 is 9.59 Å².